The molecule has 112 valence electrons. The molecular weight excluding hydrogens is 236 g/mol. The molecule has 0 amide bonds. The first-order chi connectivity index (χ1) is 9.33. The largest absolute Gasteiger partial charge is 0.378 e. The Hall–Kier alpha value is -0.120. The number of ether oxygens (including phenoxy) is 1. The molecule has 0 radical (unpaired) electrons. The van der Waals surface area contributed by atoms with Crippen LogP contribution in [0.4, 0.5) is 0 Å². The van der Waals surface area contributed by atoms with Gasteiger partial charge in [-0.3, -0.25) is 0 Å². The van der Waals surface area contributed by atoms with Crippen LogP contribution in [0.1, 0.15) is 52.4 Å². The Morgan fingerprint density at radius 2 is 2.16 bits per heavy atom. The highest BCUT2D eigenvalue weighted by molar-refractivity contribution is 4.84. The molecule has 3 unspecified atom stereocenters. The third-order valence-electron chi connectivity index (χ3n) is 4.83. The van der Waals surface area contributed by atoms with Crippen molar-refractivity contribution in [3.05, 3.63) is 0 Å². The fourth-order valence-electron chi connectivity index (χ4n) is 3.67. The van der Waals surface area contributed by atoms with Crippen molar-refractivity contribution < 1.29 is 4.74 Å². The van der Waals surface area contributed by atoms with Crippen molar-refractivity contribution in [3.63, 3.8) is 0 Å². The molecule has 0 aromatic heterocycles. The summed E-state index contributed by atoms with van der Waals surface area (Å²) in [5.41, 5.74) is 0. The molecule has 2 fully saturated rings. The van der Waals surface area contributed by atoms with Gasteiger partial charge in [-0.05, 0) is 57.7 Å². The maximum atomic E-state index is 5.71. The lowest BCUT2D eigenvalue weighted by Gasteiger charge is -2.38. The lowest BCUT2D eigenvalue weighted by molar-refractivity contribution is 0.0912. The van der Waals surface area contributed by atoms with Crippen molar-refractivity contribution in [3.8, 4) is 0 Å². The highest BCUT2D eigenvalue weighted by Gasteiger charge is 2.27. The van der Waals surface area contributed by atoms with Crippen LogP contribution in [0.25, 0.3) is 0 Å². The molecule has 1 N–H and O–H groups in total. The number of hydrogen-bond donors (Lipinski definition) is 1. The van der Waals surface area contributed by atoms with Crippen molar-refractivity contribution in [1.82, 2.24) is 10.2 Å². The Balaban J connectivity index is 1.64. The van der Waals surface area contributed by atoms with Crippen molar-refractivity contribution in [2.24, 2.45) is 5.92 Å². The molecule has 3 heteroatoms. The predicted octanol–water partition coefficient (Wildman–Crippen LogP) is 2.66. The first-order valence-electron chi connectivity index (χ1n) is 8.40. The van der Waals surface area contributed by atoms with Crippen LogP contribution in [0, 0.1) is 5.92 Å². The van der Waals surface area contributed by atoms with Gasteiger partial charge in [0, 0.05) is 19.2 Å². The fourth-order valence-corrected chi connectivity index (χ4v) is 3.67. The van der Waals surface area contributed by atoms with Crippen molar-refractivity contribution >= 4 is 0 Å². The van der Waals surface area contributed by atoms with E-state index in [0.29, 0.717) is 6.10 Å². The van der Waals surface area contributed by atoms with Crippen molar-refractivity contribution in [2.45, 2.75) is 64.5 Å². The van der Waals surface area contributed by atoms with Gasteiger partial charge in [0.1, 0.15) is 0 Å². The van der Waals surface area contributed by atoms with Gasteiger partial charge in [0.2, 0.25) is 0 Å². The Morgan fingerprint density at radius 1 is 1.26 bits per heavy atom. The molecule has 0 bridgehead atoms. The second-order valence-electron chi connectivity index (χ2n) is 6.20. The quantitative estimate of drug-likeness (QED) is 0.768. The molecule has 0 aliphatic carbocycles. The van der Waals surface area contributed by atoms with Crippen LogP contribution in [0.15, 0.2) is 0 Å². The standard InChI is InChI=1S/C16H32N2O/c1-3-14-13-18(11-9-16(14)17-4-2)10-5-7-15-8-6-12-19-15/h14-17H,3-13H2,1-2H3. The SMILES string of the molecule is CCNC1CCN(CCCC2CCCO2)CC1CC. The predicted molar refractivity (Wildman–Crippen MR) is 80.5 cm³/mol. The monoisotopic (exact) mass is 268 g/mol. The van der Waals surface area contributed by atoms with Crippen molar-refractivity contribution in [1.29, 1.82) is 0 Å². The van der Waals surface area contributed by atoms with E-state index in [1.165, 1.54) is 58.2 Å². The summed E-state index contributed by atoms with van der Waals surface area (Å²) in [6, 6.07) is 0.754. The van der Waals surface area contributed by atoms with Gasteiger partial charge in [0.15, 0.2) is 0 Å². The van der Waals surface area contributed by atoms with E-state index in [1.54, 1.807) is 0 Å². The van der Waals surface area contributed by atoms with E-state index in [4.69, 9.17) is 4.74 Å². The van der Waals surface area contributed by atoms with Gasteiger partial charge in [0.25, 0.3) is 0 Å². The van der Waals surface area contributed by atoms with E-state index in [0.717, 1.165) is 25.1 Å². The lowest BCUT2D eigenvalue weighted by atomic mass is 9.89. The number of piperidine rings is 1. The minimum atomic E-state index is 0.571. The van der Waals surface area contributed by atoms with Crippen LogP contribution in [0.5, 0.6) is 0 Å². The molecule has 0 spiro atoms. The summed E-state index contributed by atoms with van der Waals surface area (Å²) in [6.45, 7) is 10.5. The van der Waals surface area contributed by atoms with E-state index in [-0.39, 0.29) is 0 Å². The van der Waals surface area contributed by atoms with Crippen LogP contribution < -0.4 is 5.32 Å². The summed E-state index contributed by atoms with van der Waals surface area (Å²) in [7, 11) is 0. The van der Waals surface area contributed by atoms with Crippen LogP contribution >= 0.6 is 0 Å². The fraction of sp³-hybridized carbons (Fsp3) is 1.00. The zero-order valence-electron chi connectivity index (χ0n) is 12.9. The Kier molecular flexibility index (Phi) is 6.62. The minimum absolute atomic E-state index is 0.571. The van der Waals surface area contributed by atoms with Crippen LogP contribution in [0.3, 0.4) is 0 Å². The summed E-state index contributed by atoms with van der Waals surface area (Å²) in [6.07, 6.45) is 8.35. The lowest BCUT2D eigenvalue weighted by Crippen LogP contribution is -2.49. The molecule has 3 atom stereocenters. The summed E-state index contributed by atoms with van der Waals surface area (Å²) in [5, 5.41) is 3.66. The molecule has 2 aliphatic heterocycles. The Labute approximate surface area is 119 Å². The highest BCUT2D eigenvalue weighted by Crippen LogP contribution is 2.22. The summed E-state index contributed by atoms with van der Waals surface area (Å²) in [5.74, 6) is 0.844. The Morgan fingerprint density at radius 3 is 2.84 bits per heavy atom. The summed E-state index contributed by atoms with van der Waals surface area (Å²) >= 11 is 0. The maximum Gasteiger partial charge on any atom is 0.0576 e. The zero-order valence-corrected chi connectivity index (χ0v) is 12.9. The molecule has 0 aromatic carbocycles. The van der Waals surface area contributed by atoms with Crippen LogP contribution in [-0.4, -0.2) is 49.8 Å². The average Bonchev–Trinajstić information content (AvgIpc) is 2.94. The van der Waals surface area contributed by atoms with E-state index >= 15 is 0 Å². The molecule has 0 saturated carbocycles. The summed E-state index contributed by atoms with van der Waals surface area (Å²) in [4.78, 5) is 2.68. The smallest absolute Gasteiger partial charge is 0.0576 e. The van der Waals surface area contributed by atoms with Gasteiger partial charge >= 0.3 is 0 Å². The van der Waals surface area contributed by atoms with E-state index in [9.17, 15) is 0 Å². The number of likely N-dealkylation sites (tertiary alicyclic amines) is 1. The molecule has 0 aromatic rings. The number of nitrogens with one attached hydrogen (secondary N) is 1. The van der Waals surface area contributed by atoms with Gasteiger partial charge in [-0.2, -0.15) is 0 Å². The van der Waals surface area contributed by atoms with E-state index in [1.807, 2.05) is 0 Å². The second kappa shape index (κ2) is 8.23. The topological polar surface area (TPSA) is 24.5 Å². The van der Waals surface area contributed by atoms with Gasteiger partial charge in [0.05, 0.1) is 6.10 Å². The molecule has 19 heavy (non-hydrogen) atoms. The van der Waals surface area contributed by atoms with Crippen LogP contribution in [0.2, 0.25) is 0 Å². The number of rotatable bonds is 7. The summed E-state index contributed by atoms with van der Waals surface area (Å²) < 4.78 is 5.71. The highest BCUT2D eigenvalue weighted by atomic mass is 16.5. The average molecular weight is 268 g/mol. The maximum absolute atomic E-state index is 5.71. The van der Waals surface area contributed by atoms with Gasteiger partial charge in [-0.25, -0.2) is 0 Å². The molecule has 2 heterocycles. The molecular formula is C16H32N2O. The molecule has 2 rings (SSSR count). The normalized spacial score (nSPS) is 32.8. The van der Waals surface area contributed by atoms with Crippen molar-refractivity contribution in [2.75, 3.05) is 32.8 Å². The van der Waals surface area contributed by atoms with Gasteiger partial charge < -0.3 is 15.0 Å². The zero-order chi connectivity index (χ0) is 13.5. The molecule has 2 saturated heterocycles. The molecule has 2 aliphatic rings. The van der Waals surface area contributed by atoms with E-state index < -0.39 is 0 Å². The van der Waals surface area contributed by atoms with Crippen LogP contribution in [-0.2, 0) is 4.74 Å². The first kappa shape index (κ1) is 15.3. The number of hydrogen-bond acceptors (Lipinski definition) is 3. The number of nitrogens with zero attached hydrogens (tertiary/aromatic N) is 1. The minimum Gasteiger partial charge on any atom is -0.378 e. The first-order valence-corrected chi connectivity index (χ1v) is 8.40. The third-order valence-corrected chi connectivity index (χ3v) is 4.83. The van der Waals surface area contributed by atoms with E-state index in [2.05, 4.69) is 24.1 Å². The molecule has 3 nitrogen and oxygen atoms in total. The third kappa shape index (κ3) is 4.73. The Bertz CT molecular complexity index is 241. The van der Waals surface area contributed by atoms with Gasteiger partial charge in [-0.1, -0.05) is 20.3 Å². The second-order valence-corrected chi connectivity index (χ2v) is 6.20. The van der Waals surface area contributed by atoms with Gasteiger partial charge in [-0.15, -0.1) is 0 Å².